The highest BCUT2D eigenvalue weighted by Crippen LogP contribution is 2.37. The predicted octanol–water partition coefficient (Wildman–Crippen LogP) is 2.75. The third kappa shape index (κ3) is 1.91. The van der Waals surface area contributed by atoms with Gasteiger partial charge in [0.2, 0.25) is 0 Å². The molecule has 0 aliphatic heterocycles. The summed E-state index contributed by atoms with van der Waals surface area (Å²) >= 11 is 3.37. The quantitative estimate of drug-likeness (QED) is 0.850. The zero-order chi connectivity index (χ0) is 12.7. The number of aromatic nitrogens is 2. The molecule has 3 N–H and O–H groups in total. The minimum absolute atomic E-state index is 0.243. The molecule has 0 saturated carbocycles. The Morgan fingerprint density at radius 3 is 2.53 bits per heavy atom. The Morgan fingerprint density at radius 2 is 2.00 bits per heavy atom. The van der Waals surface area contributed by atoms with E-state index in [0.29, 0.717) is 10.3 Å². The summed E-state index contributed by atoms with van der Waals surface area (Å²) in [5.74, 6) is 0.857. The molecule has 0 spiro atoms. The third-order valence-corrected chi connectivity index (χ3v) is 3.85. The fourth-order valence-electron chi connectivity index (χ4n) is 1.94. The van der Waals surface area contributed by atoms with Crippen LogP contribution < -0.4 is 5.73 Å². The van der Waals surface area contributed by atoms with Crippen LogP contribution >= 0.6 is 15.9 Å². The molecule has 1 aromatic carbocycles. The fraction of sp³-hybridized carbons (Fsp3) is 0.250. The second kappa shape index (κ2) is 4.07. The molecular formula is C12H14BrN3O. The van der Waals surface area contributed by atoms with Gasteiger partial charge in [0.1, 0.15) is 11.6 Å². The number of nitrogens with zero attached hydrogens (tertiary/aromatic N) is 2. The third-order valence-electron chi connectivity index (χ3n) is 2.85. The molecule has 0 radical (unpaired) electrons. The first-order valence-corrected chi connectivity index (χ1v) is 5.99. The van der Waals surface area contributed by atoms with Crippen molar-refractivity contribution in [3.8, 4) is 17.0 Å². The van der Waals surface area contributed by atoms with Gasteiger partial charge in [0.05, 0.1) is 10.2 Å². The Morgan fingerprint density at radius 1 is 1.35 bits per heavy atom. The topological polar surface area (TPSA) is 64.1 Å². The lowest BCUT2D eigenvalue weighted by atomic mass is 9.99. The number of hydrogen-bond donors (Lipinski definition) is 2. The number of benzene rings is 1. The van der Waals surface area contributed by atoms with Gasteiger partial charge in [-0.2, -0.15) is 5.10 Å². The minimum Gasteiger partial charge on any atom is -0.507 e. The molecule has 0 bridgehead atoms. The van der Waals surface area contributed by atoms with Crippen molar-refractivity contribution in [3.63, 3.8) is 0 Å². The molecule has 5 heteroatoms. The maximum atomic E-state index is 9.71. The van der Waals surface area contributed by atoms with Gasteiger partial charge in [0.25, 0.3) is 0 Å². The van der Waals surface area contributed by atoms with Crippen LogP contribution in [0.3, 0.4) is 0 Å². The van der Waals surface area contributed by atoms with Gasteiger partial charge >= 0.3 is 0 Å². The monoisotopic (exact) mass is 295 g/mol. The molecule has 1 aromatic heterocycles. The number of phenols is 1. The zero-order valence-electron chi connectivity index (χ0n) is 9.95. The predicted molar refractivity (Wildman–Crippen MR) is 71.9 cm³/mol. The Kier molecular flexibility index (Phi) is 2.87. The lowest BCUT2D eigenvalue weighted by Gasteiger charge is -2.10. The van der Waals surface area contributed by atoms with Crippen LogP contribution in [0.5, 0.6) is 5.75 Å². The molecule has 2 aromatic rings. The van der Waals surface area contributed by atoms with Crippen molar-refractivity contribution in [2.75, 3.05) is 5.73 Å². The van der Waals surface area contributed by atoms with Gasteiger partial charge in [-0.15, -0.1) is 0 Å². The van der Waals surface area contributed by atoms with Gasteiger partial charge in [0, 0.05) is 18.7 Å². The molecule has 2 rings (SSSR count). The molecule has 0 aliphatic carbocycles. The molecule has 4 nitrogen and oxygen atoms in total. The van der Waals surface area contributed by atoms with E-state index in [0.717, 1.165) is 22.4 Å². The van der Waals surface area contributed by atoms with E-state index in [-0.39, 0.29) is 5.75 Å². The number of hydrogen-bond acceptors (Lipinski definition) is 3. The average molecular weight is 296 g/mol. The SMILES string of the molecule is Cc1cc(O)c(Br)c(C)c1-c1cc(N)n(C)n1. The van der Waals surface area contributed by atoms with Crippen molar-refractivity contribution in [1.82, 2.24) is 9.78 Å². The smallest absolute Gasteiger partial charge is 0.130 e. The molecule has 0 unspecified atom stereocenters. The van der Waals surface area contributed by atoms with Gasteiger partial charge in [-0.1, -0.05) is 0 Å². The highest BCUT2D eigenvalue weighted by molar-refractivity contribution is 9.10. The molecule has 1 heterocycles. The van der Waals surface area contributed by atoms with Gasteiger partial charge in [-0.05, 0) is 47.0 Å². The highest BCUT2D eigenvalue weighted by Gasteiger charge is 2.15. The van der Waals surface area contributed by atoms with Crippen LogP contribution in [0.15, 0.2) is 16.6 Å². The summed E-state index contributed by atoms with van der Waals surface area (Å²) in [5, 5.41) is 14.1. The van der Waals surface area contributed by atoms with E-state index in [2.05, 4.69) is 21.0 Å². The Labute approximate surface area is 108 Å². The number of rotatable bonds is 1. The molecule has 17 heavy (non-hydrogen) atoms. The molecule has 0 amide bonds. The largest absolute Gasteiger partial charge is 0.507 e. The average Bonchev–Trinajstić information content (AvgIpc) is 2.56. The fourth-order valence-corrected chi connectivity index (χ4v) is 2.25. The summed E-state index contributed by atoms with van der Waals surface area (Å²) in [4.78, 5) is 0. The second-order valence-electron chi connectivity index (χ2n) is 4.10. The van der Waals surface area contributed by atoms with Crippen LogP contribution in [0.25, 0.3) is 11.3 Å². The number of anilines is 1. The van der Waals surface area contributed by atoms with E-state index in [1.165, 1.54) is 0 Å². The van der Waals surface area contributed by atoms with Crippen LogP contribution in [-0.2, 0) is 7.05 Å². The first kappa shape index (κ1) is 12.0. The Balaban J connectivity index is 2.71. The summed E-state index contributed by atoms with van der Waals surface area (Å²) in [5.41, 5.74) is 9.54. The van der Waals surface area contributed by atoms with Crippen LogP contribution in [0.4, 0.5) is 5.82 Å². The van der Waals surface area contributed by atoms with E-state index in [4.69, 9.17) is 5.73 Å². The van der Waals surface area contributed by atoms with Crippen molar-refractivity contribution < 1.29 is 5.11 Å². The van der Waals surface area contributed by atoms with E-state index >= 15 is 0 Å². The Bertz CT molecular complexity index is 570. The lowest BCUT2D eigenvalue weighted by Crippen LogP contribution is -1.97. The number of nitrogen functional groups attached to an aromatic ring is 1. The Hall–Kier alpha value is -1.49. The van der Waals surface area contributed by atoms with Crippen LogP contribution in [-0.4, -0.2) is 14.9 Å². The molecular weight excluding hydrogens is 282 g/mol. The summed E-state index contributed by atoms with van der Waals surface area (Å²) in [6.07, 6.45) is 0. The van der Waals surface area contributed by atoms with Gasteiger partial charge in [-0.25, -0.2) is 0 Å². The first-order valence-electron chi connectivity index (χ1n) is 5.20. The maximum Gasteiger partial charge on any atom is 0.130 e. The number of aryl methyl sites for hydroxylation is 2. The maximum absolute atomic E-state index is 9.71. The standard InChI is InChI=1S/C12H14BrN3O/c1-6-4-9(17)12(13)7(2)11(6)8-5-10(14)16(3)15-8/h4-5,17H,14H2,1-3H3. The van der Waals surface area contributed by atoms with Crippen molar-refractivity contribution >= 4 is 21.7 Å². The number of aromatic hydroxyl groups is 1. The van der Waals surface area contributed by atoms with Gasteiger partial charge in [-0.3, -0.25) is 4.68 Å². The molecule has 0 atom stereocenters. The van der Waals surface area contributed by atoms with Crippen molar-refractivity contribution in [2.45, 2.75) is 13.8 Å². The number of halogens is 1. The van der Waals surface area contributed by atoms with Crippen molar-refractivity contribution in [2.24, 2.45) is 7.05 Å². The lowest BCUT2D eigenvalue weighted by molar-refractivity contribution is 0.471. The van der Waals surface area contributed by atoms with Crippen LogP contribution in [0, 0.1) is 13.8 Å². The van der Waals surface area contributed by atoms with Crippen molar-refractivity contribution in [3.05, 3.63) is 27.7 Å². The van der Waals surface area contributed by atoms with Crippen LogP contribution in [0.2, 0.25) is 0 Å². The van der Waals surface area contributed by atoms with Gasteiger partial charge in [0.15, 0.2) is 0 Å². The van der Waals surface area contributed by atoms with Crippen LogP contribution in [0.1, 0.15) is 11.1 Å². The van der Waals surface area contributed by atoms with E-state index in [1.807, 2.05) is 19.9 Å². The van der Waals surface area contributed by atoms with E-state index < -0.39 is 0 Å². The normalized spacial score (nSPS) is 10.8. The second-order valence-corrected chi connectivity index (χ2v) is 4.90. The summed E-state index contributed by atoms with van der Waals surface area (Å²) in [7, 11) is 1.80. The van der Waals surface area contributed by atoms with E-state index in [9.17, 15) is 5.11 Å². The molecule has 0 aliphatic rings. The number of phenolic OH excluding ortho intramolecular Hbond substituents is 1. The zero-order valence-corrected chi connectivity index (χ0v) is 11.5. The highest BCUT2D eigenvalue weighted by atomic mass is 79.9. The first-order chi connectivity index (χ1) is 7.91. The minimum atomic E-state index is 0.243. The molecule has 90 valence electrons. The van der Waals surface area contributed by atoms with Crippen molar-refractivity contribution in [1.29, 1.82) is 0 Å². The summed E-state index contributed by atoms with van der Waals surface area (Å²) < 4.78 is 2.33. The summed E-state index contributed by atoms with van der Waals surface area (Å²) in [6, 6.07) is 3.55. The van der Waals surface area contributed by atoms with Gasteiger partial charge < -0.3 is 10.8 Å². The van der Waals surface area contributed by atoms with E-state index in [1.54, 1.807) is 17.8 Å². The molecule has 0 saturated heterocycles. The molecule has 0 fully saturated rings. The number of nitrogens with two attached hydrogens (primary N) is 1. The summed E-state index contributed by atoms with van der Waals surface area (Å²) in [6.45, 7) is 3.89.